The van der Waals surface area contributed by atoms with E-state index in [-0.39, 0.29) is 23.2 Å². The van der Waals surface area contributed by atoms with Crippen LogP contribution in [0.5, 0.6) is 0 Å². The van der Waals surface area contributed by atoms with Crippen LogP contribution in [0.2, 0.25) is 0 Å². The van der Waals surface area contributed by atoms with E-state index in [0.29, 0.717) is 6.42 Å². The lowest BCUT2D eigenvalue weighted by molar-refractivity contribution is -0.433. The average Bonchev–Trinajstić information content (AvgIpc) is 3.64. The Morgan fingerprint density at radius 1 is 0.900 bits per heavy atom. The van der Waals surface area contributed by atoms with Gasteiger partial charge in [0.25, 0.3) is 0 Å². The Labute approximate surface area is 301 Å². The largest absolute Gasteiger partial charge is 0.481 e. The van der Waals surface area contributed by atoms with E-state index in [1.165, 1.54) is 55.3 Å². The highest BCUT2D eigenvalue weighted by Crippen LogP contribution is 2.51. The molecule has 0 bridgehead atoms. The molecule has 1 aliphatic carbocycles. The number of hydrogen-bond donors (Lipinski definition) is 1. The van der Waals surface area contributed by atoms with Crippen LogP contribution in [-0.2, 0) is 15.6 Å². The van der Waals surface area contributed by atoms with Gasteiger partial charge in [-0.25, -0.2) is 0 Å². The SMILES string of the molecule is CC[N+]1=C(/C=C/C2=C(Cl)C(C=C=C3N(CCCCCC(=O)O)c4ccc5ccccc5c4C3(C)C)CC2)C(C)(C)c2c1ccc1ccccc21. The van der Waals surface area contributed by atoms with E-state index < -0.39 is 5.97 Å². The van der Waals surface area contributed by atoms with E-state index in [1.54, 1.807) is 0 Å². The van der Waals surface area contributed by atoms with Crippen molar-refractivity contribution in [2.45, 2.75) is 84.0 Å². The van der Waals surface area contributed by atoms with E-state index in [9.17, 15) is 4.79 Å². The van der Waals surface area contributed by atoms with Gasteiger partial charge < -0.3 is 10.0 Å². The van der Waals surface area contributed by atoms with Gasteiger partial charge in [-0.15, -0.1) is 5.73 Å². The average molecular weight is 684 g/mol. The summed E-state index contributed by atoms with van der Waals surface area (Å²) in [4.78, 5) is 13.5. The lowest BCUT2D eigenvalue weighted by atomic mass is 9.79. The molecule has 2 heterocycles. The van der Waals surface area contributed by atoms with Gasteiger partial charge in [-0.1, -0.05) is 78.7 Å². The Balaban J connectivity index is 1.20. The molecule has 1 unspecified atom stereocenters. The molecule has 0 saturated heterocycles. The Morgan fingerprint density at radius 3 is 2.28 bits per heavy atom. The van der Waals surface area contributed by atoms with Gasteiger partial charge in [0.05, 0.1) is 11.1 Å². The molecule has 4 nitrogen and oxygen atoms in total. The minimum Gasteiger partial charge on any atom is -0.481 e. The molecule has 0 amide bonds. The molecule has 4 aromatic carbocycles. The van der Waals surface area contributed by atoms with E-state index in [4.69, 9.17) is 16.7 Å². The molecule has 1 N–H and O–H groups in total. The van der Waals surface area contributed by atoms with Crippen LogP contribution < -0.4 is 4.90 Å². The van der Waals surface area contributed by atoms with Gasteiger partial charge >= 0.3 is 5.97 Å². The first-order valence-corrected chi connectivity index (χ1v) is 18.6. The highest BCUT2D eigenvalue weighted by Gasteiger charge is 2.45. The normalized spacial score (nSPS) is 19.2. The Kier molecular flexibility index (Phi) is 9.14. The van der Waals surface area contributed by atoms with Crippen LogP contribution in [0.3, 0.4) is 0 Å². The number of allylic oxidation sites excluding steroid dienone is 5. The van der Waals surface area contributed by atoms with E-state index in [0.717, 1.165) is 49.5 Å². The van der Waals surface area contributed by atoms with Gasteiger partial charge in [-0.05, 0) is 111 Å². The molecule has 0 saturated carbocycles. The number of carboxylic acids is 1. The van der Waals surface area contributed by atoms with Crippen LogP contribution in [0.1, 0.15) is 84.3 Å². The van der Waals surface area contributed by atoms with Gasteiger partial charge in [-0.2, -0.15) is 4.58 Å². The topological polar surface area (TPSA) is 43.5 Å². The number of halogens is 1. The zero-order valence-corrected chi connectivity index (χ0v) is 30.8. The van der Waals surface area contributed by atoms with Crippen molar-refractivity contribution in [3.8, 4) is 0 Å². The van der Waals surface area contributed by atoms with Crippen molar-refractivity contribution in [2.75, 3.05) is 18.0 Å². The number of aliphatic carboxylic acids is 1. The third kappa shape index (κ3) is 5.83. The lowest BCUT2D eigenvalue weighted by Gasteiger charge is -2.25. The molecule has 1 atom stereocenters. The van der Waals surface area contributed by atoms with E-state index in [1.807, 2.05) is 0 Å². The Hall–Kier alpha value is -4.37. The number of fused-ring (bicyclic) bond motifs is 6. The number of nitrogens with zero attached hydrogens (tertiary/aromatic N) is 2. The number of benzene rings is 4. The van der Waals surface area contributed by atoms with Crippen molar-refractivity contribution >= 4 is 56.2 Å². The van der Waals surface area contributed by atoms with Crippen LogP contribution in [0.25, 0.3) is 21.5 Å². The molecule has 5 heteroatoms. The highest BCUT2D eigenvalue weighted by atomic mass is 35.5. The number of hydrogen-bond acceptors (Lipinski definition) is 2. The van der Waals surface area contributed by atoms with Crippen LogP contribution in [0.4, 0.5) is 11.4 Å². The summed E-state index contributed by atoms with van der Waals surface area (Å²) in [5, 5.41) is 15.2. The standard InChI is InChI=1S/C45H47ClN2O2/c1-6-47-36-25-21-30-14-9-11-16-34(30)41(36)44(2,3)38(47)27-23-32-19-20-33(43(32)46)24-28-39-45(4,5)42-35-17-12-10-15-31(35)22-26-37(42)48(39)29-13-7-8-18-40(49)50/h9-12,14-17,21-27,33H,6-8,13,18-20,29H2,1-5H3/p+1/b27-23+. The number of rotatable bonds is 10. The summed E-state index contributed by atoms with van der Waals surface area (Å²) in [6.45, 7) is 13.3. The number of carbonyl (C=O) groups is 1. The van der Waals surface area contributed by atoms with E-state index >= 15 is 0 Å². The summed E-state index contributed by atoms with van der Waals surface area (Å²) in [7, 11) is 0. The maximum atomic E-state index is 11.1. The maximum Gasteiger partial charge on any atom is 0.303 e. The van der Waals surface area contributed by atoms with Crippen molar-refractivity contribution in [3.63, 3.8) is 0 Å². The molecular weight excluding hydrogens is 636 g/mol. The third-order valence-corrected chi connectivity index (χ3v) is 11.8. The minimum absolute atomic E-state index is 0.113. The molecule has 50 heavy (non-hydrogen) atoms. The zero-order valence-electron chi connectivity index (χ0n) is 30.0. The van der Waals surface area contributed by atoms with Gasteiger partial charge in [0, 0.05) is 52.7 Å². The zero-order chi connectivity index (χ0) is 35.2. The molecule has 0 aromatic heterocycles. The number of carboxylic acid groups (broad SMARTS) is 1. The highest BCUT2D eigenvalue weighted by molar-refractivity contribution is 6.30. The van der Waals surface area contributed by atoms with Crippen LogP contribution in [-0.4, -0.2) is 34.5 Å². The first kappa shape index (κ1) is 34.1. The fourth-order valence-corrected chi connectivity index (χ4v) is 9.11. The van der Waals surface area contributed by atoms with Gasteiger partial charge in [0.15, 0.2) is 5.71 Å². The Bertz CT molecular complexity index is 2180. The molecule has 0 fully saturated rings. The summed E-state index contributed by atoms with van der Waals surface area (Å²) < 4.78 is 2.46. The van der Waals surface area contributed by atoms with Crippen molar-refractivity contribution in [1.29, 1.82) is 0 Å². The van der Waals surface area contributed by atoms with Crippen molar-refractivity contribution < 1.29 is 14.5 Å². The molecule has 0 radical (unpaired) electrons. The quantitative estimate of drug-likeness (QED) is 0.103. The predicted molar refractivity (Wildman–Crippen MR) is 209 cm³/mol. The summed E-state index contributed by atoms with van der Waals surface area (Å²) in [5.74, 6) is -0.613. The first-order chi connectivity index (χ1) is 24.0. The molecule has 2 aliphatic heterocycles. The minimum atomic E-state index is -0.727. The molecule has 0 spiro atoms. The Morgan fingerprint density at radius 2 is 1.58 bits per heavy atom. The fourth-order valence-electron chi connectivity index (χ4n) is 8.78. The molecular formula is C45H48ClN2O2+. The second kappa shape index (κ2) is 13.4. The van der Waals surface area contributed by atoms with Gasteiger partial charge in [-0.3, -0.25) is 4.79 Å². The van der Waals surface area contributed by atoms with Crippen molar-refractivity contribution in [2.24, 2.45) is 5.92 Å². The molecule has 256 valence electrons. The summed E-state index contributed by atoms with van der Waals surface area (Å²) in [6, 6.07) is 26.3. The fraction of sp³-hybridized carbons (Fsp3) is 0.356. The summed E-state index contributed by atoms with van der Waals surface area (Å²) in [5.41, 5.74) is 12.3. The van der Waals surface area contributed by atoms with Crippen molar-refractivity contribution in [3.05, 3.63) is 124 Å². The maximum absolute atomic E-state index is 11.1. The van der Waals surface area contributed by atoms with Crippen LogP contribution in [0.15, 0.2) is 113 Å². The van der Waals surface area contributed by atoms with E-state index in [2.05, 4.69) is 141 Å². The lowest BCUT2D eigenvalue weighted by Crippen LogP contribution is -2.27. The van der Waals surface area contributed by atoms with Crippen LogP contribution >= 0.6 is 11.6 Å². The van der Waals surface area contributed by atoms with Gasteiger partial charge in [0.1, 0.15) is 6.54 Å². The molecule has 3 aliphatic rings. The number of anilines is 1. The summed E-state index contributed by atoms with van der Waals surface area (Å²) in [6.07, 6.45) is 11.4. The molecule has 7 rings (SSSR count). The van der Waals surface area contributed by atoms with Crippen LogP contribution in [0, 0.1) is 5.92 Å². The number of unbranched alkanes of at least 4 members (excludes halogenated alkanes) is 2. The first-order valence-electron chi connectivity index (χ1n) is 18.3. The third-order valence-electron chi connectivity index (χ3n) is 11.2. The second-order valence-corrected chi connectivity index (χ2v) is 15.5. The van der Waals surface area contributed by atoms with Crippen molar-refractivity contribution in [1.82, 2.24) is 0 Å². The summed E-state index contributed by atoms with van der Waals surface area (Å²) >= 11 is 7.21. The predicted octanol–water partition coefficient (Wildman–Crippen LogP) is 11.3. The smallest absolute Gasteiger partial charge is 0.303 e. The molecule has 4 aromatic rings. The second-order valence-electron chi connectivity index (χ2n) is 15.1. The van der Waals surface area contributed by atoms with Gasteiger partial charge in [0.2, 0.25) is 5.69 Å². The monoisotopic (exact) mass is 683 g/mol.